The molecule has 2 atom stereocenters. The predicted octanol–water partition coefficient (Wildman–Crippen LogP) is 5.82. The monoisotopic (exact) mass is 620 g/mol. The molecule has 1 amide bonds. The van der Waals surface area contributed by atoms with Crippen LogP contribution in [0.1, 0.15) is 34.7 Å². The number of amides is 1. The predicted molar refractivity (Wildman–Crippen MR) is 168 cm³/mol. The molecule has 1 aliphatic heterocycles. The third-order valence-electron chi connectivity index (χ3n) is 7.29. The van der Waals surface area contributed by atoms with E-state index in [4.69, 9.17) is 33.3 Å². The highest BCUT2D eigenvalue weighted by Crippen LogP contribution is 2.45. The molecule has 0 radical (unpaired) electrons. The van der Waals surface area contributed by atoms with Crippen LogP contribution in [0.4, 0.5) is 17.1 Å². The maximum Gasteiger partial charge on any atom is 0.296 e. The third-order valence-corrected chi connectivity index (χ3v) is 7.91. The number of nitrogens with one attached hydrogen (secondary N) is 2. The van der Waals surface area contributed by atoms with Crippen molar-refractivity contribution in [2.24, 2.45) is 0 Å². The van der Waals surface area contributed by atoms with Gasteiger partial charge < -0.3 is 29.6 Å². The van der Waals surface area contributed by atoms with Gasteiger partial charge in [-0.25, -0.2) is 0 Å². The first-order valence-electron chi connectivity index (χ1n) is 13.2. The summed E-state index contributed by atoms with van der Waals surface area (Å²) in [5.41, 5.74) is 4.72. The van der Waals surface area contributed by atoms with Crippen molar-refractivity contribution >= 4 is 51.9 Å². The van der Waals surface area contributed by atoms with Crippen molar-refractivity contribution < 1.29 is 19.2 Å². The number of aryl methyl sites for hydroxylation is 1. The van der Waals surface area contributed by atoms with Crippen LogP contribution < -0.4 is 20.3 Å². The van der Waals surface area contributed by atoms with Gasteiger partial charge in [0, 0.05) is 30.4 Å². The van der Waals surface area contributed by atoms with E-state index in [2.05, 4.69) is 15.6 Å². The second-order valence-electron chi connectivity index (χ2n) is 9.92. The Morgan fingerprint density at radius 1 is 1.16 bits per heavy atom. The number of thiocarbonyl (C=S) groups is 1. The maximum atomic E-state index is 12.1. The van der Waals surface area contributed by atoms with Crippen molar-refractivity contribution in [1.29, 1.82) is 0 Å². The summed E-state index contributed by atoms with van der Waals surface area (Å²) >= 11 is 12.5. The molecular weight excluding hydrogens is 592 g/mol. The second-order valence-corrected chi connectivity index (χ2v) is 10.7. The molecule has 0 bridgehead atoms. The van der Waals surface area contributed by atoms with E-state index in [0.29, 0.717) is 32.9 Å². The van der Waals surface area contributed by atoms with Gasteiger partial charge in [-0.15, -0.1) is 0 Å². The zero-order valence-corrected chi connectivity index (χ0v) is 25.4. The summed E-state index contributed by atoms with van der Waals surface area (Å²) in [7, 11) is 2.91. The van der Waals surface area contributed by atoms with Crippen LogP contribution >= 0.6 is 23.8 Å². The number of benzene rings is 2. The minimum absolute atomic E-state index is 0.0798. The lowest BCUT2D eigenvalue weighted by atomic mass is 9.96. The Morgan fingerprint density at radius 2 is 1.95 bits per heavy atom. The average molecular weight is 621 g/mol. The standard InChI is InChI=1S/C30H29ClN6O5S/c1-17-13-21(18(2)35(17)25-11-9-20(42-4)15-26(25)37(39)40)29-28(24-7-5-6-12-32-24)34-30(43)36(29)19-8-10-23(22(31)14-19)33-27(38)16-41-3/h5-15,28-29H,16H2,1-4H3,(H,33,38)(H,34,43)/t28-,29+/m0/s1. The van der Waals surface area contributed by atoms with Gasteiger partial charge in [-0.05, 0) is 80.2 Å². The molecule has 1 aliphatic rings. The van der Waals surface area contributed by atoms with Gasteiger partial charge in [0.25, 0.3) is 5.69 Å². The number of nitrogens with zero attached hydrogens (tertiary/aromatic N) is 4. The highest BCUT2D eigenvalue weighted by atomic mass is 35.5. The summed E-state index contributed by atoms with van der Waals surface area (Å²) in [6, 6.07) is 17.0. The third kappa shape index (κ3) is 5.76. The first-order chi connectivity index (χ1) is 20.6. The Morgan fingerprint density at radius 3 is 2.60 bits per heavy atom. The summed E-state index contributed by atoms with van der Waals surface area (Å²) in [6.07, 6.45) is 1.72. The molecule has 1 saturated heterocycles. The maximum absolute atomic E-state index is 12.1. The molecule has 3 heterocycles. The van der Waals surface area contributed by atoms with E-state index in [1.54, 1.807) is 30.5 Å². The van der Waals surface area contributed by atoms with Crippen LogP contribution in [0.5, 0.6) is 5.75 Å². The van der Waals surface area contributed by atoms with E-state index in [1.165, 1.54) is 20.3 Å². The van der Waals surface area contributed by atoms with E-state index in [1.807, 2.05) is 53.6 Å². The summed E-state index contributed by atoms with van der Waals surface area (Å²) in [6.45, 7) is 3.72. The van der Waals surface area contributed by atoms with Gasteiger partial charge in [0.2, 0.25) is 5.91 Å². The summed E-state index contributed by atoms with van der Waals surface area (Å²) in [5.74, 6) is 0.0623. The molecule has 4 aromatic rings. The number of ether oxygens (including phenoxy) is 2. The van der Waals surface area contributed by atoms with Crippen LogP contribution in [0.2, 0.25) is 5.02 Å². The number of nitro groups is 1. The molecule has 0 saturated carbocycles. The number of carbonyl (C=O) groups excluding carboxylic acids is 1. The van der Waals surface area contributed by atoms with Crippen LogP contribution in [0.15, 0.2) is 66.9 Å². The molecular formula is C30H29ClN6O5S. The second kappa shape index (κ2) is 12.4. The summed E-state index contributed by atoms with van der Waals surface area (Å²) in [5, 5.41) is 19.0. The lowest BCUT2D eigenvalue weighted by Gasteiger charge is -2.28. The lowest BCUT2D eigenvalue weighted by molar-refractivity contribution is -0.384. The fourth-order valence-electron chi connectivity index (χ4n) is 5.44. The fourth-order valence-corrected chi connectivity index (χ4v) is 6.01. The number of aromatic nitrogens is 2. The van der Waals surface area contributed by atoms with E-state index >= 15 is 0 Å². The van der Waals surface area contributed by atoms with E-state index in [0.717, 1.165) is 22.6 Å². The van der Waals surface area contributed by atoms with Gasteiger partial charge in [0.1, 0.15) is 18.0 Å². The van der Waals surface area contributed by atoms with Gasteiger partial charge >= 0.3 is 0 Å². The zero-order valence-electron chi connectivity index (χ0n) is 23.8. The Hall–Kier alpha value is -4.52. The SMILES string of the molecule is COCC(=O)Nc1ccc(N2C(=S)N[C@@H](c3ccccn3)[C@H]2c2cc(C)n(-c3ccc(OC)cc3[N+](=O)[O-])c2C)cc1Cl. The van der Waals surface area contributed by atoms with Gasteiger partial charge in [-0.2, -0.15) is 0 Å². The van der Waals surface area contributed by atoms with E-state index in [-0.39, 0.29) is 24.2 Å². The number of pyridine rings is 1. The molecule has 0 aliphatic carbocycles. The molecule has 2 aromatic carbocycles. The van der Waals surface area contributed by atoms with Gasteiger partial charge in [0.05, 0.1) is 46.6 Å². The van der Waals surface area contributed by atoms with Crippen LogP contribution in [0, 0.1) is 24.0 Å². The summed E-state index contributed by atoms with van der Waals surface area (Å²) in [4.78, 5) is 30.3. The number of rotatable bonds is 9. The van der Waals surface area contributed by atoms with Crippen molar-refractivity contribution in [1.82, 2.24) is 14.9 Å². The van der Waals surface area contributed by atoms with Crippen LogP contribution in [-0.4, -0.2) is 46.3 Å². The highest BCUT2D eigenvalue weighted by molar-refractivity contribution is 7.80. The van der Waals surface area contributed by atoms with Crippen molar-refractivity contribution in [3.8, 4) is 11.4 Å². The Bertz CT molecular complexity index is 1710. The van der Waals surface area contributed by atoms with Crippen molar-refractivity contribution in [3.63, 3.8) is 0 Å². The van der Waals surface area contributed by atoms with Crippen LogP contribution in [-0.2, 0) is 9.53 Å². The smallest absolute Gasteiger partial charge is 0.296 e. The molecule has 13 heteroatoms. The first-order valence-corrected chi connectivity index (χ1v) is 14.0. The van der Waals surface area contributed by atoms with Gasteiger partial charge in [-0.3, -0.25) is 19.9 Å². The number of nitro benzene ring substituents is 1. The van der Waals surface area contributed by atoms with E-state index in [9.17, 15) is 14.9 Å². The quantitative estimate of drug-likeness (QED) is 0.135. The number of hydrogen-bond acceptors (Lipinski definition) is 7. The van der Waals surface area contributed by atoms with E-state index < -0.39 is 11.0 Å². The Kier molecular flexibility index (Phi) is 8.62. The lowest BCUT2D eigenvalue weighted by Crippen LogP contribution is -2.29. The molecule has 11 nitrogen and oxygen atoms in total. The fraction of sp³-hybridized carbons (Fsp3) is 0.233. The van der Waals surface area contributed by atoms with Crippen LogP contribution in [0.3, 0.4) is 0 Å². The largest absolute Gasteiger partial charge is 0.496 e. The Balaban J connectivity index is 1.64. The number of anilines is 2. The molecule has 0 unspecified atom stereocenters. The minimum Gasteiger partial charge on any atom is -0.496 e. The minimum atomic E-state index is -0.416. The normalized spacial score (nSPS) is 16.2. The van der Waals surface area contributed by atoms with Gasteiger partial charge in [-0.1, -0.05) is 17.7 Å². The number of hydrogen-bond donors (Lipinski definition) is 2. The molecule has 222 valence electrons. The average Bonchev–Trinajstić information content (AvgIpc) is 3.48. The van der Waals surface area contributed by atoms with Crippen molar-refractivity contribution in [2.75, 3.05) is 31.0 Å². The first kappa shape index (κ1) is 30.0. The molecule has 43 heavy (non-hydrogen) atoms. The molecule has 1 fully saturated rings. The van der Waals surface area contributed by atoms with Crippen molar-refractivity contribution in [2.45, 2.75) is 25.9 Å². The number of methoxy groups -OCH3 is 2. The van der Waals surface area contributed by atoms with Crippen LogP contribution in [0.25, 0.3) is 5.69 Å². The Labute approximate surface area is 258 Å². The van der Waals surface area contributed by atoms with Crippen molar-refractivity contribution in [3.05, 3.63) is 105 Å². The number of carbonyl (C=O) groups is 1. The highest BCUT2D eigenvalue weighted by Gasteiger charge is 2.42. The molecule has 2 aromatic heterocycles. The molecule has 0 spiro atoms. The molecule has 5 rings (SSSR count). The molecule has 2 N–H and O–H groups in total. The zero-order chi connectivity index (χ0) is 30.8. The summed E-state index contributed by atoms with van der Waals surface area (Å²) < 4.78 is 12.0. The van der Waals surface area contributed by atoms with Gasteiger partial charge in [0.15, 0.2) is 5.11 Å². The topological polar surface area (TPSA) is 124 Å². The number of halogens is 1.